The van der Waals surface area contributed by atoms with E-state index < -0.39 is 9.84 Å². The average molecular weight is 275 g/mol. The van der Waals surface area contributed by atoms with Crippen LogP contribution in [0.5, 0.6) is 0 Å². The van der Waals surface area contributed by atoms with Crippen LogP contribution in [0.3, 0.4) is 0 Å². The zero-order chi connectivity index (χ0) is 13.4. The van der Waals surface area contributed by atoms with E-state index in [2.05, 4.69) is 12.2 Å². The average Bonchev–Trinajstić information content (AvgIpc) is 2.82. The summed E-state index contributed by atoms with van der Waals surface area (Å²) < 4.78 is 23.6. The Hall–Kier alpha value is -0.0900. The fourth-order valence-electron chi connectivity index (χ4n) is 3.01. The Morgan fingerprint density at radius 3 is 2.39 bits per heavy atom. The van der Waals surface area contributed by atoms with Gasteiger partial charge in [0.25, 0.3) is 0 Å². The second-order valence-corrected chi connectivity index (χ2v) is 7.86. The number of hydrogen-bond donors (Lipinski definition) is 1. The van der Waals surface area contributed by atoms with Gasteiger partial charge in [-0.05, 0) is 37.8 Å². The quantitative estimate of drug-likeness (QED) is 0.703. The van der Waals surface area contributed by atoms with Crippen LogP contribution in [0.2, 0.25) is 0 Å². The van der Waals surface area contributed by atoms with E-state index in [4.69, 9.17) is 0 Å². The lowest BCUT2D eigenvalue weighted by molar-refractivity contribution is 0.317. The molecule has 3 nitrogen and oxygen atoms in total. The van der Waals surface area contributed by atoms with Gasteiger partial charge in [-0.2, -0.15) is 0 Å². The minimum atomic E-state index is -2.81. The van der Waals surface area contributed by atoms with Crippen molar-refractivity contribution in [2.75, 3.05) is 24.6 Å². The van der Waals surface area contributed by atoms with E-state index in [1.54, 1.807) is 0 Å². The largest absolute Gasteiger partial charge is 0.317 e. The fourth-order valence-corrected chi connectivity index (χ4v) is 4.49. The molecular weight excluding hydrogens is 246 g/mol. The van der Waals surface area contributed by atoms with Crippen molar-refractivity contribution >= 4 is 9.84 Å². The summed E-state index contributed by atoms with van der Waals surface area (Å²) in [6.07, 6.45) is 6.83. The highest BCUT2D eigenvalue weighted by Gasteiger charge is 2.25. The Bertz CT molecular complexity index is 308. The summed E-state index contributed by atoms with van der Waals surface area (Å²) in [5, 5.41) is 3.40. The predicted octanol–water partition coefficient (Wildman–Crippen LogP) is 2.62. The molecule has 1 atom stereocenters. The zero-order valence-electron chi connectivity index (χ0n) is 12.0. The molecule has 0 aromatic rings. The maximum Gasteiger partial charge on any atom is 0.150 e. The predicted molar refractivity (Wildman–Crippen MR) is 77.6 cm³/mol. The monoisotopic (exact) mass is 275 g/mol. The maximum atomic E-state index is 11.8. The molecule has 1 aliphatic carbocycles. The van der Waals surface area contributed by atoms with E-state index >= 15 is 0 Å². The second kappa shape index (κ2) is 8.16. The first kappa shape index (κ1) is 16.0. The lowest BCUT2D eigenvalue weighted by atomic mass is 9.88. The van der Waals surface area contributed by atoms with Crippen LogP contribution in [0.1, 0.15) is 52.4 Å². The van der Waals surface area contributed by atoms with E-state index in [-0.39, 0.29) is 0 Å². The van der Waals surface area contributed by atoms with Gasteiger partial charge in [0.2, 0.25) is 0 Å². The van der Waals surface area contributed by atoms with Crippen molar-refractivity contribution in [3.05, 3.63) is 0 Å². The molecule has 0 radical (unpaired) electrons. The van der Waals surface area contributed by atoms with Gasteiger partial charge in [0.15, 0.2) is 0 Å². The third-order valence-corrected chi connectivity index (χ3v) is 5.93. The normalized spacial score (nSPS) is 19.2. The highest BCUT2D eigenvalue weighted by atomic mass is 32.2. The van der Waals surface area contributed by atoms with Crippen molar-refractivity contribution < 1.29 is 8.42 Å². The van der Waals surface area contributed by atoms with Gasteiger partial charge in [0.1, 0.15) is 9.84 Å². The van der Waals surface area contributed by atoms with Crippen LogP contribution in [0, 0.1) is 11.8 Å². The van der Waals surface area contributed by atoms with Gasteiger partial charge in [-0.15, -0.1) is 0 Å². The van der Waals surface area contributed by atoms with E-state index in [1.165, 1.54) is 25.7 Å². The molecule has 1 saturated carbocycles. The van der Waals surface area contributed by atoms with Crippen LogP contribution < -0.4 is 5.32 Å². The Morgan fingerprint density at radius 1 is 1.17 bits per heavy atom. The van der Waals surface area contributed by atoms with Crippen LogP contribution in [-0.4, -0.2) is 33.0 Å². The summed E-state index contributed by atoms with van der Waals surface area (Å²) in [4.78, 5) is 0. The third-order valence-electron chi connectivity index (χ3n) is 4.04. The van der Waals surface area contributed by atoms with Crippen molar-refractivity contribution in [1.82, 2.24) is 5.32 Å². The molecule has 0 saturated heterocycles. The first-order valence-corrected chi connectivity index (χ1v) is 9.32. The third kappa shape index (κ3) is 5.70. The molecule has 0 aromatic carbocycles. The van der Waals surface area contributed by atoms with Crippen molar-refractivity contribution in [2.24, 2.45) is 11.8 Å². The molecule has 108 valence electrons. The molecule has 4 heteroatoms. The summed E-state index contributed by atoms with van der Waals surface area (Å²) in [7, 11) is -2.81. The molecule has 0 aliphatic heterocycles. The van der Waals surface area contributed by atoms with Crippen molar-refractivity contribution in [3.8, 4) is 0 Å². The molecule has 0 bridgehead atoms. The molecule has 0 aromatic heterocycles. The molecule has 1 unspecified atom stereocenters. The minimum absolute atomic E-state index is 0.353. The molecule has 1 rings (SSSR count). The van der Waals surface area contributed by atoms with Crippen molar-refractivity contribution in [2.45, 2.75) is 52.4 Å². The van der Waals surface area contributed by atoms with E-state index in [1.807, 2.05) is 6.92 Å². The van der Waals surface area contributed by atoms with Gasteiger partial charge in [0.05, 0.1) is 5.75 Å². The summed E-state index contributed by atoms with van der Waals surface area (Å²) in [5.74, 6) is 2.04. The van der Waals surface area contributed by atoms with Crippen molar-refractivity contribution in [3.63, 3.8) is 0 Å². The van der Waals surface area contributed by atoms with Gasteiger partial charge in [-0.25, -0.2) is 8.42 Å². The van der Waals surface area contributed by atoms with E-state index in [0.29, 0.717) is 17.4 Å². The first-order valence-electron chi connectivity index (χ1n) is 7.50. The standard InChI is InChI=1S/C14H29NO2S/c1-3-10-18(16,17)11-9-14(12-15-4-2)13-7-5-6-8-13/h13-15H,3-12H2,1-2H3. The molecule has 0 amide bonds. The Balaban J connectivity index is 2.44. The van der Waals surface area contributed by atoms with Gasteiger partial charge in [0, 0.05) is 5.75 Å². The van der Waals surface area contributed by atoms with Crippen molar-refractivity contribution in [1.29, 1.82) is 0 Å². The van der Waals surface area contributed by atoms with E-state index in [9.17, 15) is 8.42 Å². The Labute approximate surface area is 113 Å². The van der Waals surface area contributed by atoms with Crippen LogP contribution >= 0.6 is 0 Å². The van der Waals surface area contributed by atoms with E-state index in [0.717, 1.165) is 31.8 Å². The molecule has 1 aliphatic rings. The number of sulfone groups is 1. The highest BCUT2D eigenvalue weighted by Crippen LogP contribution is 2.33. The molecule has 0 heterocycles. The Morgan fingerprint density at radius 2 is 1.83 bits per heavy atom. The Kier molecular flexibility index (Phi) is 7.23. The topological polar surface area (TPSA) is 46.2 Å². The molecular formula is C14H29NO2S. The lowest BCUT2D eigenvalue weighted by Crippen LogP contribution is -2.29. The first-order chi connectivity index (χ1) is 8.59. The molecule has 18 heavy (non-hydrogen) atoms. The maximum absolute atomic E-state index is 11.8. The summed E-state index contributed by atoms with van der Waals surface area (Å²) >= 11 is 0. The number of nitrogens with one attached hydrogen (secondary N) is 1. The summed E-state index contributed by atoms with van der Waals surface area (Å²) in [6, 6.07) is 0. The second-order valence-electron chi connectivity index (χ2n) is 5.55. The summed E-state index contributed by atoms with van der Waals surface area (Å²) in [5.41, 5.74) is 0. The van der Waals surface area contributed by atoms with Crippen LogP contribution in [-0.2, 0) is 9.84 Å². The number of rotatable bonds is 9. The van der Waals surface area contributed by atoms with Gasteiger partial charge >= 0.3 is 0 Å². The fraction of sp³-hybridized carbons (Fsp3) is 1.00. The van der Waals surface area contributed by atoms with Gasteiger partial charge < -0.3 is 5.32 Å². The SMILES string of the molecule is CCCS(=O)(=O)CCC(CNCC)C1CCCC1. The minimum Gasteiger partial charge on any atom is -0.317 e. The molecule has 0 spiro atoms. The van der Waals surface area contributed by atoms with Gasteiger partial charge in [-0.1, -0.05) is 39.5 Å². The molecule has 1 N–H and O–H groups in total. The zero-order valence-corrected chi connectivity index (χ0v) is 12.8. The highest BCUT2D eigenvalue weighted by molar-refractivity contribution is 7.91. The number of hydrogen-bond acceptors (Lipinski definition) is 3. The molecule has 1 fully saturated rings. The van der Waals surface area contributed by atoms with Gasteiger partial charge in [-0.3, -0.25) is 0 Å². The summed E-state index contributed by atoms with van der Waals surface area (Å²) in [6.45, 7) is 6.01. The van der Waals surface area contributed by atoms with Crippen LogP contribution in [0.4, 0.5) is 0 Å². The van der Waals surface area contributed by atoms with Crippen LogP contribution in [0.15, 0.2) is 0 Å². The lowest BCUT2D eigenvalue weighted by Gasteiger charge is -2.23. The van der Waals surface area contributed by atoms with Crippen LogP contribution in [0.25, 0.3) is 0 Å². The smallest absolute Gasteiger partial charge is 0.150 e.